The number of piperidine rings is 1. The molecule has 0 saturated carbocycles. The molecule has 1 N–H and O–H groups in total. The van der Waals surface area contributed by atoms with Crippen molar-refractivity contribution in [2.75, 3.05) is 13.1 Å². The second-order valence-corrected chi connectivity index (χ2v) is 4.44. The molecule has 2 atom stereocenters. The van der Waals surface area contributed by atoms with E-state index in [0.717, 1.165) is 32.4 Å². The lowest BCUT2D eigenvalue weighted by molar-refractivity contribution is -0.138. The monoisotopic (exact) mass is 222 g/mol. The molecule has 1 aliphatic heterocycles. The lowest BCUT2D eigenvalue weighted by Gasteiger charge is -2.36. The summed E-state index contributed by atoms with van der Waals surface area (Å²) in [6.07, 6.45) is 9.03. The van der Waals surface area contributed by atoms with Gasteiger partial charge in [-0.15, -0.1) is 12.3 Å². The first-order chi connectivity index (χ1) is 7.70. The number of hydrogen-bond donors (Lipinski definition) is 1. The third-order valence-corrected chi connectivity index (χ3v) is 3.06. The first-order valence-electron chi connectivity index (χ1n) is 6.18. The SMILES string of the molecule is C#CCC(C)N1CCCC(NCCC)C1=O. The van der Waals surface area contributed by atoms with E-state index >= 15 is 0 Å². The zero-order chi connectivity index (χ0) is 12.0. The Balaban J connectivity index is 2.53. The maximum Gasteiger partial charge on any atom is 0.239 e. The molecular weight excluding hydrogens is 200 g/mol. The molecule has 0 aliphatic carbocycles. The highest BCUT2D eigenvalue weighted by Gasteiger charge is 2.30. The molecule has 0 aromatic carbocycles. The summed E-state index contributed by atoms with van der Waals surface area (Å²) in [5, 5.41) is 3.31. The van der Waals surface area contributed by atoms with Gasteiger partial charge in [0.1, 0.15) is 0 Å². The number of rotatable bonds is 5. The Kier molecular flexibility index (Phi) is 5.34. The minimum absolute atomic E-state index is 0.00826. The largest absolute Gasteiger partial charge is 0.338 e. The summed E-state index contributed by atoms with van der Waals surface area (Å²) >= 11 is 0. The van der Waals surface area contributed by atoms with E-state index < -0.39 is 0 Å². The Bertz CT molecular complexity index is 270. The Morgan fingerprint density at radius 2 is 2.44 bits per heavy atom. The number of amides is 1. The molecule has 0 radical (unpaired) electrons. The van der Waals surface area contributed by atoms with E-state index in [2.05, 4.69) is 18.2 Å². The van der Waals surface area contributed by atoms with Crippen molar-refractivity contribution in [2.24, 2.45) is 0 Å². The van der Waals surface area contributed by atoms with Gasteiger partial charge in [-0.25, -0.2) is 0 Å². The van der Waals surface area contributed by atoms with Gasteiger partial charge in [-0.2, -0.15) is 0 Å². The van der Waals surface area contributed by atoms with E-state index in [1.54, 1.807) is 0 Å². The molecule has 0 spiro atoms. The zero-order valence-electron chi connectivity index (χ0n) is 10.3. The summed E-state index contributed by atoms with van der Waals surface area (Å²) < 4.78 is 0. The van der Waals surface area contributed by atoms with Crippen LogP contribution >= 0.6 is 0 Å². The molecule has 1 rings (SSSR count). The van der Waals surface area contributed by atoms with Crippen molar-refractivity contribution in [3.05, 3.63) is 0 Å². The summed E-state index contributed by atoms with van der Waals surface area (Å²) in [6.45, 7) is 5.90. The van der Waals surface area contributed by atoms with E-state index in [1.165, 1.54) is 0 Å². The van der Waals surface area contributed by atoms with Crippen molar-refractivity contribution >= 4 is 5.91 Å². The Morgan fingerprint density at radius 3 is 3.06 bits per heavy atom. The van der Waals surface area contributed by atoms with E-state index in [1.807, 2.05) is 11.8 Å². The third kappa shape index (κ3) is 3.24. The van der Waals surface area contributed by atoms with Gasteiger partial charge >= 0.3 is 0 Å². The molecule has 16 heavy (non-hydrogen) atoms. The van der Waals surface area contributed by atoms with Crippen molar-refractivity contribution in [1.82, 2.24) is 10.2 Å². The summed E-state index contributed by atoms with van der Waals surface area (Å²) in [7, 11) is 0. The predicted molar refractivity (Wildman–Crippen MR) is 65.9 cm³/mol. The molecule has 1 amide bonds. The fourth-order valence-electron chi connectivity index (χ4n) is 2.13. The molecule has 2 unspecified atom stereocenters. The smallest absolute Gasteiger partial charge is 0.239 e. The fourth-order valence-corrected chi connectivity index (χ4v) is 2.13. The molecule has 3 heteroatoms. The van der Waals surface area contributed by atoms with E-state index in [4.69, 9.17) is 6.42 Å². The summed E-state index contributed by atoms with van der Waals surface area (Å²) in [4.78, 5) is 14.1. The van der Waals surface area contributed by atoms with Gasteiger partial charge in [-0.1, -0.05) is 6.92 Å². The second kappa shape index (κ2) is 6.55. The van der Waals surface area contributed by atoms with Crippen LogP contribution in [0.2, 0.25) is 0 Å². The Morgan fingerprint density at radius 1 is 1.69 bits per heavy atom. The zero-order valence-corrected chi connectivity index (χ0v) is 10.3. The molecule has 3 nitrogen and oxygen atoms in total. The van der Waals surface area contributed by atoms with Crippen LogP contribution in [-0.4, -0.2) is 36.0 Å². The second-order valence-electron chi connectivity index (χ2n) is 4.44. The van der Waals surface area contributed by atoms with E-state index in [0.29, 0.717) is 6.42 Å². The van der Waals surface area contributed by atoms with Crippen LogP contribution in [0.3, 0.4) is 0 Å². The molecule has 1 fully saturated rings. The minimum Gasteiger partial charge on any atom is -0.338 e. The number of carbonyl (C=O) groups is 1. The number of terminal acetylenes is 1. The van der Waals surface area contributed by atoms with Crippen molar-refractivity contribution in [2.45, 2.75) is 51.6 Å². The maximum absolute atomic E-state index is 12.1. The Hall–Kier alpha value is -1.01. The van der Waals surface area contributed by atoms with Crippen molar-refractivity contribution in [1.29, 1.82) is 0 Å². The van der Waals surface area contributed by atoms with Crippen LogP contribution in [0.25, 0.3) is 0 Å². The average Bonchev–Trinajstić information content (AvgIpc) is 2.28. The molecule has 1 heterocycles. The minimum atomic E-state index is 0.00826. The van der Waals surface area contributed by atoms with Gasteiger partial charge in [-0.3, -0.25) is 4.79 Å². The third-order valence-electron chi connectivity index (χ3n) is 3.06. The Labute approximate surface area is 98.6 Å². The van der Waals surface area contributed by atoms with Gasteiger partial charge in [0, 0.05) is 19.0 Å². The number of nitrogens with zero attached hydrogens (tertiary/aromatic N) is 1. The van der Waals surface area contributed by atoms with E-state index in [9.17, 15) is 4.79 Å². The number of carbonyl (C=O) groups excluding carboxylic acids is 1. The quantitative estimate of drug-likeness (QED) is 0.713. The fraction of sp³-hybridized carbons (Fsp3) is 0.769. The van der Waals surface area contributed by atoms with Gasteiger partial charge in [0.2, 0.25) is 5.91 Å². The van der Waals surface area contributed by atoms with Crippen LogP contribution in [-0.2, 0) is 4.79 Å². The molecule has 0 bridgehead atoms. The molecule has 1 saturated heterocycles. The highest BCUT2D eigenvalue weighted by molar-refractivity contribution is 5.82. The van der Waals surface area contributed by atoms with Crippen LogP contribution < -0.4 is 5.32 Å². The maximum atomic E-state index is 12.1. The first kappa shape index (κ1) is 13.1. The van der Waals surface area contributed by atoms with Crippen LogP contribution in [0.15, 0.2) is 0 Å². The van der Waals surface area contributed by atoms with Crippen molar-refractivity contribution in [3.63, 3.8) is 0 Å². The van der Waals surface area contributed by atoms with Crippen LogP contribution in [0.4, 0.5) is 0 Å². The summed E-state index contributed by atoms with van der Waals surface area (Å²) in [5.74, 6) is 2.85. The highest BCUT2D eigenvalue weighted by atomic mass is 16.2. The number of nitrogens with one attached hydrogen (secondary N) is 1. The predicted octanol–water partition coefficient (Wildman–Crippen LogP) is 1.39. The highest BCUT2D eigenvalue weighted by Crippen LogP contribution is 2.16. The molecule has 90 valence electrons. The average molecular weight is 222 g/mol. The molecule has 0 aromatic heterocycles. The summed E-state index contributed by atoms with van der Waals surface area (Å²) in [6, 6.07) is 0.178. The normalized spacial score (nSPS) is 22.9. The molecular formula is C13H22N2O. The molecule has 0 aromatic rings. The van der Waals surface area contributed by atoms with Crippen molar-refractivity contribution in [3.8, 4) is 12.3 Å². The van der Waals surface area contributed by atoms with Gasteiger partial charge < -0.3 is 10.2 Å². The van der Waals surface area contributed by atoms with Crippen molar-refractivity contribution < 1.29 is 4.79 Å². The molecule has 1 aliphatic rings. The van der Waals surface area contributed by atoms with Gasteiger partial charge in [0.15, 0.2) is 0 Å². The van der Waals surface area contributed by atoms with Crippen LogP contribution in [0.5, 0.6) is 0 Å². The summed E-state index contributed by atoms with van der Waals surface area (Å²) in [5.41, 5.74) is 0. The lowest BCUT2D eigenvalue weighted by atomic mass is 10.0. The number of likely N-dealkylation sites (tertiary alicyclic amines) is 1. The van der Waals surface area contributed by atoms with Gasteiger partial charge in [0.05, 0.1) is 6.04 Å². The standard InChI is InChI=1S/C13H22N2O/c1-4-7-11(3)15-10-6-8-12(13(15)16)14-9-5-2/h1,11-12,14H,5-10H2,2-3H3. The van der Waals surface area contributed by atoms with Crippen LogP contribution in [0.1, 0.15) is 39.5 Å². The van der Waals surface area contributed by atoms with E-state index in [-0.39, 0.29) is 18.0 Å². The first-order valence-corrected chi connectivity index (χ1v) is 6.18. The van der Waals surface area contributed by atoms with Gasteiger partial charge in [0.25, 0.3) is 0 Å². The number of hydrogen-bond acceptors (Lipinski definition) is 2. The topological polar surface area (TPSA) is 32.3 Å². The lowest BCUT2D eigenvalue weighted by Crippen LogP contribution is -2.53. The van der Waals surface area contributed by atoms with Gasteiger partial charge in [-0.05, 0) is 32.7 Å². The van der Waals surface area contributed by atoms with Crippen LogP contribution in [0, 0.1) is 12.3 Å².